The van der Waals surface area contributed by atoms with Crippen molar-refractivity contribution >= 4 is 5.78 Å². The highest BCUT2D eigenvalue weighted by Crippen LogP contribution is 2.11. The molecule has 16 heavy (non-hydrogen) atoms. The largest absolute Gasteiger partial charge is 0.396 e. The van der Waals surface area contributed by atoms with Crippen LogP contribution in [0, 0.1) is 5.92 Å². The fourth-order valence-electron chi connectivity index (χ4n) is 1.99. The number of ether oxygens (including phenoxy) is 1. The van der Waals surface area contributed by atoms with E-state index in [1.54, 1.807) is 0 Å². The molecular formula is C12H23NO3. The molecule has 1 saturated heterocycles. The molecular weight excluding hydrogens is 206 g/mol. The van der Waals surface area contributed by atoms with Crippen molar-refractivity contribution < 1.29 is 14.6 Å². The zero-order chi connectivity index (χ0) is 11.8. The summed E-state index contributed by atoms with van der Waals surface area (Å²) in [5, 5.41) is 8.65. The molecule has 0 spiro atoms. The zero-order valence-corrected chi connectivity index (χ0v) is 10.2. The highest BCUT2D eigenvalue weighted by molar-refractivity contribution is 5.81. The Hall–Kier alpha value is -0.450. The van der Waals surface area contributed by atoms with Crippen LogP contribution in [0.1, 0.15) is 25.7 Å². The first-order valence-corrected chi connectivity index (χ1v) is 6.14. The average molecular weight is 229 g/mol. The molecule has 1 atom stereocenters. The summed E-state index contributed by atoms with van der Waals surface area (Å²) in [6.07, 6.45) is 3.58. The van der Waals surface area contributed by atoms with Crippen molar-refractivity contribution in [2.75, 3.05) is 40.0 Å². The van der Waals surface area contributed by atoms with Gasteiger partial charge in [-0.15, -0.1) is 0 Å². The van der Waals surface area contributed by atoms with Crippen molar-refractivity contribution in [2.24, 2.45) is 5.92 Å². The standard InChI is InChI=1S/C12H23NO3/c1-13(6-3-2-4-7-14)9-11-10-16-8-5-12(11)15/h11,14H,2-10H2,1H3. The number of aliphatic hydroxyl groups is 1. The van der Waals surface area contributed by atoms with Crippen molar-refractivity contribution in [2.45, 2.75) is 25.7 Å². The molecule has 4 nitrogen and oxygen atoms in total. The molecule has 0 saturated carbocycles. The first-order chi connectivity index (χ1) is 7.74. The third-order valence-corrected chi connectivity index (χ3v) is 3.00. The van der Waals surface area contributed by atoms with Crippen molar-refractivity contribution in [1.29, 1.82) is 0 Å². The van der Waals surface area contributed by atoms with E-state index in [1.165, 1.54) is 0 Å². The molecule has 0 aromatic rings. The second kappa shape index (κ2) is 7.76. The number of carbonyl (C=O) groups excluding carboxylic acids is 1. The summed E-state index contributed by atoms with van der Waals surface area (Å²) >= 11 is 0. The van der Waals surface area contributed by atoms with Crippen LogP contribution in [-0.4, -0.2) is 55.7 Å². The van der Waals surface area contributed by atoms with Gasteiger partial charge in [0.05, 0.1) is 19.1 Å². The molecule has 94 valence electrons. The number of hydrogen-bond acceptors (Lipinski definition) is 4. The van der Waals surface area contributed by atoms with E-state index in [0.717, 1.165) is 32.4 Å². The SMILES string of the molecule is CN(CCCCCO)CC1COCCC1=O. The fraction of sp³-hybridized carbons (Fsp3) is 0.917. The van der Waals surface area contributed by atoms with Gasteiger partial charge in [0.25, 0.3) is 0 Å². The Morgan fingerprint density at radius 2 is 2.25 bits per heavy atom. The Morgan fingerprint density at radius 1 is 1.44 bits per heavy atom. The normalized spacial score (nSPS) is 21.7. The predicted molar refractivity (Wildman–Crippen MR) is 62.4 cm³/mol. The molecule has 1 rings (SSSR count). The van der Waals surface area contributed by atoms with Gasteiger partial charge in [-0.2, -0.15) is 0 Å². The molecule has 0 bridgehead atoms. The molecule has 0 aromatic heterocycles. The number of nitrogens with zero attached hydrogens (tertiary/aromatic N) is 1. The van der Waals surface area contributed by atoms with Gasteiger partial charge in [-0.1, -0.05) is 0 Å². The molecule has 0 aliphatic carbocycles. The van der Waals surface area contributed by atoms with E-state index >= 15 is 0 Å². The van der Waals surface area contributed by atoms with Gasteiger partial charge in [-0.25, -0.2) is 0 Å². The van der Waals surface area contributed by atoms with E-state index in [2.05, 4.69) is 4.90 Å². The Labute approximate surface area is 97.6 Å². The first-order valence-electron chi connectivity index (χ1n) is 6.14. The van der Waals surface area contributed by atoms with Gasteiger partial charge in [0.15, 0.2) is 0 Å². The quantitative estimate of drug-likeness (QED) is 0.652. The molecule has 1 aliphatic rings. The highest BCUT2D eigenvalue weighted by atomic mass is 16.5. The lowest BCUT2D eigenvalue weighted by atomic mass is 10.00. The smallest absolute Gasteiger partial charge is 0.141 e. The summed E-state index contributed by atoms with van der Waals surface area (Å²) in [5.41, 5.74) is 0. The number of carbonyl (C=O) groups is 1. The molecule has 0 aromatic carbocycles. The van der Waals surface area contributed by atoms with Crippen LogP contribution in [0.5, 0.6) is 0 Å². The number of ketones is 1. The lowest BCUT2D eigenvalue weighted by Gasteiger charge is -2.26. The number of unbranched alkanes of at least 4 members (excludes halogenated alkanes) is 2. The number of rotatable bonds is 7. The molecule has 1 unspecified atom stereocenters. The first kappa shape index (κ1) is 13.6. The summed E-state index contributed by atoms with van der Waals surface area (Å²) in [6, 6.07) is 0. The maximum absolute atomic E-state index is 11.6. The second-order valence-electron chi connectivity index (χ2n) is 4.53. The van der Waals surface area contributed by atoms with Gasteiger partial charge in [-0.05, 0) is 32.9 Å². The molecule has 0 amide bonds. The van der Waals surface area contributed by atoms with E-state index in [4.69, 9.17) is 9.84 Å². The second-order valence-corrected chi connectivity index (χ2v) is 4.53. The summed E-state index contributed by atoms with van der Waals surface area (Å²) in [5.74, 6) is 0.407. The molecule has 4 heteroatoms. The molecule has 1 fully saturated rings. The Morgan fingerprint density at radius 3 is 2.94 bits per heavy atom. The van der Waals surface area contributed by atoms with Crippen molar-refractivity contribution in [1.82, 2.24) is 4.90 Å². The van der Waals surface area contributed by atoms with Crippen LogP contribution in [-0.2, 0) is 9.53 Å². The van der Waals surface area contributed by atoms with Gasteiger partial charge in [0.1, 0.15) is 5.78 Å². The van der Waals surface area contributed by atoms with Crippen LogP contribution >= 0.6 is 0 Å². The molecule has 1 N–H and O–H groups in total. The molecule has 0 radical (unpaired) electrons. The Bertz CT molecular complexity index is 208. The van der Waals surface area contributed by atoms with Crippen LogP contribution in [0.4, 0.5) is 0 Å². The minimum atomic E-state index is 0.0663. The van der Waals surface area contributed by atoms with Gasteiger partial charge < -0.3 is 14.7 Å². The van der Waals surface area contributed by atoms with Gasteiger partial charge in [0.2, 0.25) is 0 Å². The Balaban J connectivity index is 2.12. The zero-order valence-electron chi connectivity index (χ0n) is 10.2. The van der Waals surface area contributed by atoms with E-state index in [-0.39, 0.29) is 12.5 Å². The predicted octanol–water partition coefficient (Wildman–Crippen LogP) is 0.686. The van der Waals surface area contributed by atoms with Gasteiger partial charge >= 0.3 is 0 Å². The van der Waals surface area contributed by atoms with Gasteiger partial charge in [0, 0.05) is 19.6 Å². The van der Waals surface area contributed by atoms with Crippen LogP contribution in [0.25, 0.3) is 0 Å². The lowest BCUT2D eigenvalue weighted by molar-refractivity contribution is -0.131. The van der Waals surface area contributed by atoms with Crippen molar-refractivity contribution in [3.05, 3.63) is 0 Å². The summed E-state index contributed by atoms with van der Waals surface area (Å²) in [4.78, 5) is 13.8. The molecule has 1 heterocycles. The number of aliphatic hydroxyl groups excluding tert-OH is 1. The minimum Gasteiger partial charge on any atom is -0.396 e. The van der Waals surface area contributed by atoms with Crippen molar-refractivity contribution in [3.63, 3.8) is 0 Å². The van der Waals surface area contributed by atoms with Crippen LogP contribution in [0.15, 0.2) is 0 Å². The van der Waals surface area contributed by atoms with Gasteiger partial charge in [-0.3, -0.25) is 4.79 Å². The summed E-state index contributed by atoms with van der Waals surface area (Å²) < 4.78 is 5.32. The monoisotopic (exact) mass is 229 g/mol. The van der Waals surface area contributed by atoms with E-state index in [0.29, 0.717) is 25.4 Å². The third-order valence-electron chi connectivity index (χ3n) is 3.00. The lowest BCUT2D eigenvalue weighted by Crippen LogP contribution is -2.37. The summed E-state index contributed by atoms with van der Waals surface area (Å²) in [7, 11) is 2.04. The van der Waals surface area contributed by atoms with Crippen LogP contribution in [0.3, 0.4) is 0 Å². The average Bonchev–Trinajstić information content (AvgIpc) is 2.28. The maximum atomic E-state index is 11.6. The van der Waals surface area contributed by atoms with Crippen LogP contribution in [0.2, 0.25) is 0 Å². The maximum Gasteiger partial charge on any atom is 0.141 e. The fourth-order valence-corrected chi connectivity index (χ4v) is 1.99. The van der Waals surface area contributed by atoms with E-state index in [1.807, 2.05) is 7.05 Å². The van der Waals surface area contributed by atoms with Crippen molar-refractivity contribution in [3.8, 4) is 0 Å². The number of hydrogen-bond donors (Lipinski definition) is 1. The minimum absolute atomic E-state index is 0.0663. The van der Waals surface area contributed by atoms with Crippen LogP contribution < -0.4 is 0 Å². The van der Waals surface area contributed by atoms with E-state index < -0.39 is 0 Å². The third kappa shape index (κ3) is 5.05. The van der Waals surface area contributed by atoms with E-state index in [9.17, 15) is 4.79 Å². The Kier molecular flexibility index (Phi) is 6.61. The topological polar surface area (TPSA) is 49.8 Å². The molecule has 1 aliphatic heterocycles. The number of Topliss-reactive ketones (excluding diaryl/α,β-unsaturated/α-hetero) is 1. The highest BCUT2D eigenvalue weighted by Gasteiger charge is 2.23. The summed E-state index contributed by atoms with van der Waals surface area (Å²) in [6.45, 7) is 3.25.